The van der Waals surface area contributed by atoms with Crippen LogP contribution in [-0.4, -0.2) is 18.2 Å². The molecular weight excluding hydrogens is 390 g/mol. The molecule has 1 aromatic heterocycles. The first-order valence-corrected chi connectivity index (χ1v) is 9.76. The molecule has 3 aromatic rings. The molecule has 0 aliphatic carbocycles. The Balaban J connectivity index is 1.72. The van der Waals surface area contributed by atoms with Gasteiger partial charge in [-0.15, -0.1) is 0 Å². The molecular formula is C17H16BrN3O2S. The molecule has 0 spiro atoms. The SMILES string of the molecule is O=S(=O)(Cc1ccccc1)Nc1cccc(Cn2cc(Br)cn2)c1. The van der Waals surface area contributed by atoms with Crippen molar-refractivity contribution in [2.24, 2.45) is 0 Å². The van der Waals surface area contributed by atoms with E-state index < -0.39 is 10.0 Å². The third kappa shape index (κ3) is 4.69. The number of halogens is 1. The number of rotatable bonds is 6. The summed E-state index contributed by atoms with van der Waals surface area (Å²) in [4.78, 5) is 0. The lowest BCUT2D eigenvalue weighted by Crippen LogP contribution is -2.15. The van der Waals surface area contributed by atoms with Crippen LogP contribution in [0.15, 0.2) is 71.5 Å². The maximum atomic E-state index is 12.3. The molecule has 0 atom stereocenters. The lowest BCUT2D eigenvalue weighted by molar-refractivity contribution is 0.600. The maximum absolute atomic E-state index is 12.3. The quantitative estimate of drug-likeness (QED) is 0.680. The van der Waals surface area contributed by atoms with Gasteiger partial charge in [-0.3, -0.25) is 9.40 Å². The van der Waals surface area contributed by atoms with Crippen LogP contribution in [-0.2, 0) is 22.3 Å². The van der Waals surface area contributed by atoms with Crippen LogP contribution in [0.2, 0.25) is 0 Å². The van der Waals surface area contributed by atoms with Gasteiger partial charge in [0.25, 0.3) is 0 Å². The molecule has 1 N–H and O–H groups in total. The fourth-order valence-electron chi connectivity index (χ4n) is 2.35. The Labute approximate surface area is 149 Å². The van der Waals surface area contributed by atoms with E-state index in [0.29, 0.717) is 12.2 Å². The van der Waals surface area contributed by atoms with Crippen LogP contribution in [0.25, 0.3) is 0 Å². The third-order valence-corrected chi connectivity index (χ3v) is 5.02. The Hall–Kier alpha value is -2.12. The van der Waals surface area contributed by atoms with Crippen LogP contribution < -0.4 is 4.72 Å². The van der Waals surface area contributed by atoms with Crippen LogP contribution in [0.5, 0.6) is 0 Å². The highest BCUT2D eigenvalue weighted by molar-refractivity contribution is 9.10. The van der Waals surface area contributed by atoms with Crippen molar-refractivity contribution in [2.75, 3.05) is 4.72 Å². The number of aromatic nitrogens is 2. The zero-order valence-electron chi connectivity index (χ0n) is 12.8. The second-order valence-electron chi connectivity index (χ2n) is 5.40. The van der Waals surface area contributed by atoms with E-state index in [1.807, 2.05) is 42.6 Å². The van der Waals surface area contributed by atoms with Crippen molar-refractivity contribution in [1.82, 2.24) is 9.78 Å². The molecule has 0 bridgehead atoms. The molecule has 0 amide bonds. The van der Waals surface area contributed by atoms with Gasteiger partial charge in [0.05, 0.1) is 23.0 Å². The summed E-state index contributed by atoms with van der Waals surface area (Å²) >= 11 is 3.36. The minimum absolute atomic E-state index is 0.0514. The van der Waals surface area contributed by atoms with E-state index >= 15 is 0 Å². The van der Waals surface area contributed by atoms with Gasteiger partial charge in [-0.25, -0.2) is 8.42 Å². The lowest BCUT2D eigenvalue weighted by atomic mass is 10.2. The number of nitrogens with one attached hydrogen (secondary N) is 1. The Kier molecular flexibility index (Phi) is 5.01. The Bertz CT molecular complexity index is 924. The number of anilines is 1. The number of nitrogens with zero attached hydrogens (tertiary/aromatic N) is 2. The normalized spacial score (nSPS) is 11.4. The van der Waals surface area contributed by atoms with Crippen LogP contribution in [0.4, 0.5) is 5.69 Å². The fourth-order valence-corrected chi connectivity index (χ4v) is 3.87. The van der Waals surface area contributed by atoms with Crippen molar-refractivity contribution in [2.45, 2.75) is 12.3 Å². The molecule has 0 fully saturated rings. The molecule has 124 valence electrons. The smallest absolute Gasteiger partial charge is 0.236 e. The lowest BCUT2D eigenvalue weighted by Gasteiger charge is -2.10. The van der Waals surface area contributed by atoms with Crippen molar-refractivity contribution < 1.29 is 8.42 Å². The second kappa shape index (κ2) is 7.19. The maximum Gasteiger partial charge on any atom is 0.236 e. The van der Waals surface area contributed by atoms with Gasteiger partial charge < -0.3 is 0 Å². The standard InChI is InChI=1S/C17H16BrN3O2S/c18-16-10-19-21(12-16)11-15-7-4-8-17(9-15)20-24(22,23)13-14-5-2-1-3-6-14/h1-10,12,20H,11,13H2. The van der Waals surface area contributed by atoms with Gasteiger partial charge in [0, 0.05) is 11.9 Å². The zero-order chi connectivity index (χ0) is 17.0. The molecule has 0 saturated carbocycles. The Morgan fingerprint density at radius 2 is 1.79 bits per heavy atom. The van der Waals surface area contributed by atoms with E-state index in [1.165, 1.54) is 0 Å². The monoisotopic (exact) mass is 405 g/mol. The van der Waals surface area contributed by atoms with Crippen LogP contribution in [0, 0.1) is 0 Å². The average molecular weight is 406 g/mol. The minimum atomic E-state index is -3.45. The minimum Gasteiger partial charge on any atom is -0.283 e. The molecule has 1 heterocycles. The average Bonchev–Trinajstić information content (AvgIpc) is 2.92. The topological polar surface area (TPSA) is 64.0 Å². The van der Waals surface area contributed by atoms with Crippen molar-refractivity contribution in [1.29, 1.82) is 0 Å². The van der Waals surface area contributed by atoms with E-state index in [9.17, 15) is 8.42 Å². The molecule has 0 aliphatic heterocycles. The van der Waals surface area contributed by atoms with Crippen LogP contribution >= 0.6 is 15.9 Å². The number of hydrogen-bond donors (Lipinski definition) is 1. The van der Waals surface area contributed by atoms with E-state index in [2.05, 4.69) is 25.8 Å². The molecule has 0 saturated heterocycles. The molecule has 0 unspecified atom stereocenters. The van der Waals surface area contributed by atoms with Crippen molar-refractivity contribution in [3.8, 4) is 0 Å². The molecule has 0 radical (unpaired) electrons. The highest BCUT2D eigenvalue weighted by atomic mass is 79.9. The van der Waals surface area contributed by atoms with Gasteiger partial charge in [-0.1, -0.05) is 42.5 Å². The summed E-state index contributed by atoms with van der Waals surface area (Å²) in [5, 5.41) is 4.20. The van der Waals surface area contributed by atoms with Gasteiger partial charge in [-0.2, -0.15) is 5.10 Å². The van der Waals surface area contributed by atoms with Gasteiger partial charge >= 0.3 is 0 Å². The first-order chi connectivity index (χ1) is 11.5. The summed E-state index contributed by atoms with van der Waals surface area (Å²) in [7, 11) is -3.45. The number of sulfonamides is 1. The van der Waals surface area contributed by atoms with E-state index in [1.54, 1.807) is 29.1 Å². The van der Waals surface area contributed by atoms with E-state index in [4.69, 9.17) is 0 Å². The van der Waals surface area contributed by atoms with Crippen molar-refractivity contribution in [3.63, 3.8) is 0 Å². The largest absolute Gasteiger partial charge is 0.283 e. The fraction of sp³-hybridized carbons (Fsp3) is 0.118. The Morgan fingerprint density at radius 1 is 1.04 bits per heavy atom. The molecule has 5 nitrogen and oxygen atoms in total. The first kappa shape index (κ1) is 16.7. The molecule has 7 heteroatoms. The summed E-state index contributed by atoms with van der Waals surface area (Å²) in [6, 6.07) is 16.4. The number of benzene rings is 2. The summed E-state index contributed by atoms with van der Waals surface area (Å²) in [5.74, 6) is -0.0514. The van der Waals surface area contributed by atoms with Crippen LogP contribution in [0.3, 0.4) is 0 Å². The Morgan fingerprint density at radius 3 is 2.50 bits per heavy atom. The van der Waals surface area contributed by atoms with E-state index in [0.717, 1.165) is 15.6 Å². The molecule has 24 heavy (non-hydrogen) atoms. The summed E-state index contributed by atoms with van der Waals surface area (Å²) in [5.41, 5.74) is 2.27. The predicted octanol–water partition coefficient (Wildman–Crippen LogP) is 3.64. The second-order valence-corrected chi connectivity index (χ2v) is 8.04. The van der Waals surface area contributed by atoms with E-state index in [-0.39, 0.29) is 5.75 Å². The highest BCUT2D eigenvalue weighted by Gasteiger charge is 2.12. The van der Waals surface area contributed by atoms with Gasteiger partial charge in [0.15, 0.2) is 0 Å². The molecule has 0 aliphatic rings. The van der Waals surface area contributed by atoms with Gasteiger partial charge in [-0.05, 0) is 39.2 Å². The summed E-state index contributed by atoms with van der Waals surface area (Å²) in [6.07, 6.45) is 3.58. The van der Waals surface area contributed by atoms with Crippen LogP contribution in [0.1, 0.15) is 11.1 Å². The van der Waals surface area contributed by atoms with Gasteiger partial charge in [0.1, 0.15) is 0 Å². The number of hydrogen-bond acceptors (Lipinski definition) is 3. The first-order valence-electron chi connectivity index (χ1n) is 7.31. The molecule has 3 rings (SSSR count). The van der Waals surface area contributed by atoms with Crippen molar-refractivity contribution in [3.05, 3.63) is 82.6 Å². The third-order valence-electron chi connectivity index (χ3n) is 3.35. The molecule has 2 aromatic carbocycles. The zero-order valence-corrected chi connectivity index (χ0v) is 15.2. The summed E-state index contributed by atoms with van der Waals surface area (Å²) in [6.45, 7) is 0.569. The summed E-state index contributed by atoms with van der Waals surface area (Å²) < 4.78 is 29.9. The van der Waals surface area contributed by atoms with Gasteiger partial charge in [0.2, 0.25) is 10.0 Å². The predicted molar refractivity (Wildman–Crippen MR) is 98.2 cm³/mol. The highest BCUT2D eigenvalue weighted by Crippen LogP contribution is 2.16. The van der Waals surface area contributed by atoms with Crippen molar-refractivity contribution >= 4 is 31.6 Å².